The van der Waals surface area contributed by atoms with Gasteiger partial charge in [-0.2, -0.15) is 0 Å². The summed E-state index contributed by atoms with van der Waals surface area (Å²) in [5.41, 5.74) is 6.40. The van der Waals surface area contributed by atoms with E-state index in [2.05, 4.69) is 48.1 Å². The fraction of sp³-hybridized carbons (Fsp3) is 0.316. The van der Waals surface area contributed by atoms with E-state index in [1.165, 1.54) is 24.7 Å². The summed E-state index contributed by atoms with van der Waals surface area (Å²) in [6.07, 6.45) is 8.83. The maximum atomic E-state index is 12.2. The molecular weight excluding hydrogens is 440 g/mol. The average molecular weight is 461 g/mol. The number of carbonyl (C=O) groups excluding carboxylic acids is 1. The van der Waals surface area contributed by atoms with E-state index in [9.17, 15) is 14.9 Å². The maximum Gasteiger partial charge on any atom is 0.354 e. The van der Waals surface area contributed by atoms with Gasteiger partial charge in [-0.3, -0.25) is 25.8 Å². The number of aromatic nitrogens is 2. The van der Waals surface area contributed by atoms with Crippen LogP contribution < -0.4 is 16.2 Å². The molecule has 0 aliphatic heterocycles. The second kappa shape index (κ2) is 9.97. The summed E-state index contributed by atoms with van der Waals surface area (Å²) in [6.45, 7) is 0.536. The second-order valence-corrected chi connectivity index (χ2v) is 7.46. The van der Waals surface area contributed by atoms with Gasteiger partial charge in [-0.05, 0) is 56.4 Å². The third-order valence-corrected chi connectivity index (χ3v) is 5.06. The molecule has 0 spiro atoms. The molecule has 0 radical (unpaired) electrons. The Balaban J connectivity index is 1.65. The van der Waals surface area contributed by atoms with Crippen molar-refractivity contribution in [2.24, 2.45) is 0 Å². The Bertz CT molecular complexity index is 917. The Morgan fingerprint density at radius 3 is 2.62 bits per heavy atom. The van der Waals surface area contributed by atoms with Crippen LogP contribution in [0.1, 0.15) is 42.5 Å². The van der Waals surface area contributed by atoms with Crippen molar-refractivity contribution in [1.82, 2.24) is 15.4 Å². The van der Waals surface area contributed by atoms with Crippen LogP contribution in [0.15, 0.2) is 46.7 Å². The highest BCUT2D eigenvalue weighted by atomic mass is 79.9. The molecular formula is C19H21BrN6O3. The van der Waals surface area contributed by atoms with Gasteiger partial charge in [0, 0.05) is 16.6 Å². The van der Waals surface area contributed by atoms with Crippen LogP contribution in [0.3, 0.4) is 0 Å². The Kier molecular flexibility index (Phi) is 7.12. The van der Waals surface area contributed by atoms with E-state index in [-0.39, 0.29) is 17.3 Å². The second-order valence-electron chi connectivity index (χ2n) is 6.55. The van der Waals surface area contributed by atoms with Crippen LogP contribution in [0.4, 0.5) is 17.3 Å². The van der Waals surface area contributed by atoms with Gasteiger partial charge in [-0.15, -0.1) is 0 Å². The quantitative estimate of drug-likeness (QED) is 0.306. The molecule has 0 saturated carbocycles. The third kappa shape index (κ3) is 5.74. The smallest absolute Gasteiger partial charge is 0.354 e. The molecule has 1 amide bonds. The molecule has 9 nitrogen and oxygen atoms in total. The first-order valence-corrected chi connectivity index (χ1v) is 10.1. The molecule has 29 heavy (non-hydrogen) atoms. The summed E-state index contributed by atoms with van der Waals surface area (Å²) in [5, 5.41) is 14.6. The lowest BCUT2D eigenvalue weighted by molar-refractivity contribution is -0.383. The van der Waals surface area contributed by atoms with Crippen molar-refractivity contribution in [3.05, 3.63) is 62.4 Å². The van der Waals surface area contributed by atoms with E-state index in [1.807, 2.05) is 0 Å². The summed E-state index contributed by atoms with van der Waals surface area (Å²) in [6, 6.07) is 6.71. The van der Waals surface area contributed by atoms with E-state index in [0.717, 1.165) is 23.7 Å². The molecule has 1 aliphatic rings. The van der Waals surface area contributed by atoms with Gasteiger partial charge in [-0.25, -0.2) is 9.97 Å². The molecule has 0 unspecified atom stereocenters. The number of hydrogen-bond acceptors (Lipinski definition) is 7. The highest BCUT2D eigenvalue weighted by Crippen LogP contribution is 2.29. The van der Waals surface area contributed by atoms with Crippen LogP contribution in [0.2, 0.25) is 0 Å². The van der Waals surface area contributed by atoms with Crippen LogP contribution in [0, 0.1) is 10.1 Å². The van der Waals surface area contributed by atoms with E-state index in [1.54, 1.807) is 24.3 Å². The first-order valence-electron chi connectivity index (χ1n) is 9.27. The summed E-state index contributed by atoms with van der Waals surface area (Å²) >= 11 is 3.30. The lowest BCUT2D eigenvalue weighted by Crippen LogP contribution is -2.30. The molecule has 3 rings (SSSR count). The number of anilines is 2. The fourth-order valence-corrected chi connectivity index (χ4v) is 3.30. The highest BCUT2D eigenvalue weighted by molar-refractivity contribution is 9.10. The molecule has 3 N–H and O–H groups in total. The number of benzene rings is 1. The summed E-state index contributed by atoms with van der Waals surface area (Å²) < 4.78 is 0.841. The molecule has 10 heteroatoms. The van der Waals surface area contributed by atoms with Crippen molar-refractivity contribution in [2.45, 2.75) is 32.1 Å². The SMILES string of the molecule is O=C(NNc1ncnc(NCCC2=CCCCC2)c1[N+](=O)[O-])c1ccc(Br)cc1. The molecule has 1 aromatic heterocycles. The fourth-order valence-electron chi connectivity index (χ4n) is 3.04. The van der Waals surface area contributed by atoms with Crippen molar-refractivity contribution < 1.29 is 9.72 Å². The van der Waals surface area contributed by atoms with Crippen molar-refractivity contribution >= 4 is 39.2 Å². The number of nitro groups is 1. The van der Waals surface area contributed by atoms with Crippen LogP contribution in [-0.2, 0) is 0 Å². The van der Waals surface area contributed by atoms with Crippen molar-refractivity contribution in [3.63, 3.8) is 0 Å². The van der Waals surface area contributed by atoms with Crippen molar-refractivity contribution in [2.75, 3.05) is 17.3 Å². The van der Waals surface area contributed by atoms with Crippen molar-refractivity contribution in [3.8, 4) is 0 Å². The minimum atomic E-state index is -0.573. The molecule has 0 bridgehead atoms. The zero-order valence-corrected chi connectivity index (χ0v) is 17.2. The van der Waals surface area contributed by atoms with Gasteiger partial charge in [0.05, 0.1) is 4.92 Å². The van der Waals surface area contributed by atoms with E-state index in [0.29, 0.717) is 12.1 Å². The number of hydrogen-bond donors (Lipinski definition) is 3. The first kappa shape index (κ1) is 20.7. The topological polar surface area (TPSA) is 122 Å². The van der Waals surface area contributed by atoms with Gasteiger partial charge in [-0.1, -0.05) is 27.6 Å². The Morgan fingerprint density at radius 2 is 1.93 bits per heavy atom. The van der Waals surface area contributed by atoms with E-state index >= 15 is 0 Å². The molecule has 0 fully saturated rings. The molecule has 1 aliphatic carbocycles. The molecule has 2 aromatic rings. The van der Waals surface area contributed by atoms with Gasteiger partial charge in [0.2, 0.25) is 11.6 Å². The van der Waals surface area contributed by atoms with Crippen LogP contribution in [-0.4, -0.2) is 27.3 Å². The number of hydrazine groups is 1. The number of halogens is 1. The number of nitrogens with one attached hydrogen (secondary N) is 3. The molecule has 0 atom stereocenters. The molecule has 1 aromatic carbocycles. The largest absolute Gasteiger partial charge is 0.364 e. The Labute approximate surface area is 176 Å². The van der Waals surface area contributed by atoms with E-state index in [4.69, 9.17) is 0 Å². The Hall–Kier alpha value is -3.01. The van der Waals surface area contributed by atoms with Crippen LogP contribution >= 0.6 is 15.9 Å². The summed E-state index contributed by atoms with van der Waals surface area (Å²) in [4.78, 5) is 31.1. The Morgan fingerprint density at radius 1 is 1.17 bits per heavy atom. The number of carbonyl (C=O) groups is 1. The maximum absolute atomic E-state index is 12.2. The first-order chi connectivity index (χ1) is 14.0. The molecule has 152 valence electrons. The minimum absolute atomic E-state index is 0.0881. The predicted octanol–water partition coefficient (Wildman–Crippen LogP) is 4.21. The lowest BCUT2D eigenvalue weighted by Gasteiger charge is -2.14. The molecule has 0 saturated heterocycles. The standard InChI is InChI=1S/C19H21BrN6O3/c20-15-8-6-14(7-9-15)19(27)25-24-18-16(26(28)29)17(22-12-23-18)21-11-10-13-4-2-1-3-5-13/h4,6-9,12H,1-3,5,10-11H2,(H,25,27)(H2,21,22,23,24). The normalized spacial score (nSPS) is 13.3. The summed E-state index contributed by atoms with van der Waals surface area (Å²) in [7, 11) is 0. The number of amides is 1. The summed E-state index contributed by atoms with van der Waals surface area (Å²) in [5.74, 6) is -0.416. The predicted molar refractivity (Wildman–Crippen MR) is 114 cm³/mol. The number of nitrogens with zero attached hydrogens (tertiary/aromatic N) is 3. The van der Waals surface area contributed by atoms with Crippen LogP contribution in [0.5, 0.6) is 0 Å². The van der Waals surface area contributed by atoms with Gasteiger partial charge < -0.3 is 5.32 Å². The van der Waals surface area contributed by atoms with E-state index < -0.39 is 10.8 Å². The minimum Gasteiger partial charge on any atom is -0.364 e. The van der Waals surface area contributed by atoms with Gasteiger partial charge in [0.15, 0.2) is 0 Å². The number of allylic oxidation sites excluding steroid dienone is 1. The van der Waals surface area contributed by atoms with Crippen molar-refractivity contribution in [1.29, 1.82) is 0 Å². The number of rotatable bonds is 8. The monoisotopic (exact) mass is 460 g/mol. The zero-order chi connectivity index (χ0) is 20.6. The van der Waals surface area contributed by atoms with Gasteiger partial charge in [0.1, 0.15) is 6.33 Å². The highest BCUT2D eigenvalue weighted by Gasteiger charge is 2.23. The lowest BCUT2D eigenvalue weighted by atomic mass is 9.97. The average Bonchev–Trinajstić information content (AvgIpc) is 2.73. The zero-order valence-electron chi connectivity index (χ0n) is 15.7. The third-order valence-electron chi connectivity index (χ3n) is 4.53. The van der Waals surface area contributed by atoms with Gasteiger partial charge in [0.25, 0.3) is 5.91 Å². The molecule has 1 heterocycles. The van der Waals surface area contributed by atoms with Crippen LogP contribution in [0.25, 0.3) is 0 Å². The van der Waals surface area contributed by atoms with Gasteiger partial charge >= 0.3 is 5.69 Å².